The predicted molar refractivity (Wildman–Crippen MR) is 131 cm³/mol. The zero-order valence-electron chi connectivity index (χ0n) is 17.4. The fourth-order valence-electron chi connectivity index (χ4n) is 2.68. The van der Waals surface area contributed by atoms with Gasteiger partial charge in [0.1, 0.15) is 6.54 Å². The first kappa shape index (κ1) is 25.4. The molecule has 0 aliphatic heterocycles. The van der Waals surface area contributed by atoms with E-state index < -0.39 is 0 Å². The summed E-state index contributed by atoms with van der Waals surface area (Å²) < 4.78 is 0. The molecule has 0 aliphatic rings. The smallest absolute Gasteiger partial charge is 0.251 e. The van der Waals surface area contributed by atoms with Crippen LogP contribution in [0.2, 0.25) is 0 Å². The molecule has 0 unspecified atom stereocenters. The molecule has 0 aliphatic carbocycles. The second-order valence-electron chi connectivity index (χ2n) is 6.41. The van der Waals surface area contributed by atoms with Crippen LogP contribution in [0.4, 0.5) is 0 Å². The van der Waals surface area contributed by atoms with Crippen LogP contribution in [0.3, 0.4) is 0 Å². The first-order valence-electron chi connectivity index (χ1n) is 9.76. The maximum atomic E-state index is 12.0. The third-order valence-corrected chi connectivity index (χ3v) is 4.18. The van der Waals surface area contributed by atoms with Crippen LogP contribution in [-0.4, -0.2) is 44.5 Å². The molecule has 2 amide bonds. The first-order valence-corrected chi connectivity index (χ1v) is 9.76. The molecule has 0 atom stereocenters. The zero-order chi connectivity index (χ0) is 20.9. The highest BCUT2D eigenvalue weighted by molar-refractivity contribution is 14.0. The summed E-state index contributed by atoms with van der Waals surface area (Å²) in [5.41, 5.74) is 2.74. The van der Waals surface area contributed by atoms with Crippen LogP contribution < -0.4 is 21.3 Å². The molecule has 8 heteroatoms. The van der Waals surface area contributed by atoms with Gasteiger partial charge in [0.2, 0.25) is 5.91 Å². The van der Waals surface area contributed by atoms with E-state index in [-0.39, 0.29) is 42.3 Å². The van der Waals surface area contributed by atoms with Gasteiger partial charge < -0.3 is 21.3 Å². The Balaban J connectivity index is 0.00000450. The van der Waals surface area contributed by atoms with Crippen molar-refractivity contribution >= 4 is 41.8 Å². The highest BCUT2D eigenvalue weighted by Gasteiger charge is 2.05. The summed E-state index contributed by atoms with van der Waals surface area (Å²) >= 11 is 0. The number of nitrogens with zero attached hydrogens (tertiary/aromatic N) is 1. The van der Waals surface area contributed by atoms with Crippen LogP contribution in [0, 0.1) is 0 Å². The Morgan fingerprint density at radius 3 is 2.37 bits per heavy atom. The van der Waals surface area contributed by atoms with Gasteiger partial charge in [0.15, 0.2) is 5.96 Å². The van der Waals surface area contributed by atoms with E-state index in [4.69, 9.17) is 0 Å². The standard InChI is InChI=1S/C22H29N5O2.HI/c1-3-24-22(27-16-20(28)26-15-18-8-5-4-6-9-18)25-13-12-17-10-7-11-19(14-17)21(29)23-2;/h4-11,14H,3,12-13,15-16H2,1-2H3,(H,23,29)(H,26,28)(H2,24,25,27);1H. The molecule has 162 valence electrons. The van der Waals surface area contributed by atoms with Crippen LogP contribution in [0.15, 0.2) is 59.6 Å². The van der Waals surface area contributed by atoms with Crippen LogP contribution in [0.25, 0.3) is 0 Å². The van der Waals surface area contributed by atoms with Gasteiger partial charge in [0.25, 0.3) is 5.91 Å². The molecule has 0 saturated heterocycles. The fourth-order valence-corrected chi connectivity index (χ4v) is 2.68. The summed E-state index contributed by atoms with van der Waals surface area (Å²) in [5, 5.41) is 11.8. The fraction of sp³-hybridized carbons (Fsp3) is 0.318. The van der Waals surface area contributed by atoms with Gasteiger partial charge in [0.05, 0.1) is 0 Å². The molecule has 2 aromatic rings. The van der Waals surface area contributed by atoms with Gasteiger partial charge in [-0.05, 0) is 36.6 Å². The molecular formula is C22H30IN5O2. The van der Waals surface area contributed by atoms with Crippen molar-refractivity contribution in [1.29, 1.82) is 0 Å². The van der Waals surface area contributed by atoms with Gasteiger partial charge in [-0.25, -0.2) is 4.99 Å². The highest BCUT2D eigenvalue weighted by Crippen LogP contribution is 2.05. The molecule has 30 heavy (non-hydrogen) atoms. The molecular weight excluding hydrogens is 493 g/mol. The quantitative estimate of drug-likeness (QED) is 0.230. The van der Waals surface area contributed by atoms with E-state index in [0.717, 1.165) is 17.5 Å². The monoisotopic (exact) mass is 523 g/mol. The molecule has 0 fully saturated rings. The van der Waals surface area contributed by atoms with Crippen molar-refractivity contribution in [2.75, 3.05) is 26.7 Å². The minimum absolute atomic E-state index is 0. The number of benzene rings is 2. The van der Waals surface area contributed by atoms with Gasteiger partial charge in [0, 0.05) is 32.2 Å². The van der Waals surface area contributed by atoms with E-state index in [2.05, 4.69) is 26.3 Å². The Kier molecular flexibility index (Phi) is 12.2. The van der Waals surface area contributed by atoms with E-state index in [1.54, 1.807) is 13.1 Å². The number of amides is 2. The van der Waals surface area contributed by atoms with Crippen LogP contribution in [0.1, 0.15) is 28.4 Å². The largest absolute Gasteiger partial charge is 0.357 e. The number of halogens is 1. The lowest BCUT2D eigenvalue weighted by molar-refractivity contribution is -0.119. The van der Waals surface area contributed by atoms with Crippen LogP contribution in [0.5, 0.6) is 0 Å². The average molecular weight is 523 g/mol. The first-order chi connectivity index (χ1) is 14.1. The van der Waals surface area contributed by atoms with E-state index in [1.165, 1.54) is 0 Å². The molecule has 0 aromatic heterocycles. The predicted octanol–water partition coefficient (Wildman–Crippen LogP) is 2.08. The summed E-state index contributed by atoms with van der Waals surface area (Å²) in [6, 6.07) is 17.3. The maximum Gasteiger partial charge on any atom is 0.251 e. The lowest BCUT2D eigenvalue weighted by Gasteiger charge is -2.12. The highest BCUT2D eigenvalue weighted by atomic mass is 127. The number of nitrogens with one attached hydrogen (secondary N) is 4. The number of carbonyl (C=O) groups is 2. The van der Waals surface area contributed by atoms with E-state index in [0.29, 0.717) is 31.2 Å². The third-order valence-electron chi connectivity index (χ3n) is 4.18. The lowest BCUT2D eigenvalue weighted by Crippen LogP contribution is -2.39. The number of carbonyl (C=O) groups excluding carboxylic acids is 2. The molecule has 4 N–H and O–H groups in total. The third kappa shape index (κ3) is 9.25. The summed E-state index contributed by atoms with van der Waals surface area (Å²) in [6.45, 7) is 3.84. The van der Waals surface area contributed by atoms with Crippen LogP contribution in [-0.2, 0) is 17.8 Å². The van der Waals surface area contributed by atoms with Gasteiger partial charge in [-0.3, -0.25) is 9.59 Å². The molecule has 0 saturated carbocycles. The van der Waals surface area contributed by atoms with Crippen molar-refractivity contribution in [3.05, 3.63) is 71.3 Å². The maximum absolute atomic E-state index is 12.0. The Bertz CT molecular complexity index is 827. The Hall–Kier alpha value is -2.62. The Morgan fingerprint density at radius 1 is 0.933 bits per heavy atom. The minimum Gasteiger partial charge on any atom is -0.357 e. The molecule has 0 heterocycles. The Morgan fingerprint density at radius 2 is 1.67 bits per heavy atom. The number of hydrogen-bond donors (Lipinski definition) is 4. The zero-order valence-corrected chi connectivity index (χ0v) is 19.7. The van der Waals surface area contributed by atoms with Crippen molar-refractivity contribution in [2.45, 2.75) is 19.9 Å². The normalized spacial score (nSPS) is 10.5. The van der Waals surface area contributed by atoms with Crippen molar-refractivity contribution in [2.24, 2.45) is 4.99 Å². The summed E-state index contributed by atoms with van der Waals surface area (Å²) in [6.07, 6.45) is 0.732. The van der Waals surface area contributed by atoms with Gasteiger partial charge in [-0.1, -0.05) is 42.5 Å². The van der Waals surface area contributed by atoms with Gasteiger partial charge >= 0.3 is 0 Å². The van der Waals surface area contributed by atoms with Gasteiger partial charge in [-0.15, -0.1) is 24.0 Å². The molecule has 0 bridgehead atoms. The van der Waals surface area contributed by atoms with Crippen molar-refractivity contribution in [1.82, 2.24) is 21.3 Å². The molecule has 0 radical (unpaired) electrons. The Labute approximate surface area is 195 Å². The van der Waals surface area contributed by atoms with Crippen molar-refractivity contribution in [3.8, 4) is 0 Å². The van der Waals surface area contributed by atoms with E-state index in [1.807, 2.05) is 55.5 Å². The molecule has 2 aromatic carbocycles. The van der Waals surface area contributed by atoms with Crippen molar-refractivity contribution in [3.63, 3.8) is 0 Å². The molecule has 7 nitrogen and oxygen atoms in total. The SMILES string of the molecule is CCNC(=NCC(=O)NCc1ccccc1)NCCc1cccc(C(=O)NC)c1.I. The lowest BCUT2D eigenvalue weighted by atomic mass is 10.1. The molecule has 0 spiro atoms. The average Bonchev–Trinajstić information content (AvgIpc) is 2.76. The molecule has 2 rings (SSSR count). The number of rotatable bonds is 9. The second kappa shape index (κ2) is 14.4. The van der Waals surface area contributed by atoms with Crippen LogP contribution >= 0.6 is 24.0 Å². The second-order valence-corrected chi connectivity index (χ2v) is 6.41. The van der Waals surface area contributed by atoms with Crippen molar-refractivity contribution < 1.29 is 9.59 Å². The summed E-state index contributed by atoms with van der Waals surface area (Å²) in [5.74, 6) is 0.352. The number of aliphatic imine (C=N–C) groups is 1. The van der Waals surface area contributed by atoms with E-state index in [9.17, 15) is 9.59 Å². The number of hydrogen-bond acceptors (Lipinski definition) is 3. The summed E-state index contributed by atoms with van der Waals surface area (Å²) in [7, 11) is 1.62. The van der Waals surface area contributed by atoms with Gasteiger partial charge in [-0.2, -0.15) is 0 Å². The topological polar surface area (TPSA) is 94.6 Å². The number of guanidine groups is 1. The minimum atomic E-state index is -0.135. The van der Waals surface area contributed by atoms with E-state index >= 15 is 0 Å². The summed E-state index contributed by atoms with van der Waals surface area (Å²) in [4.78, 5) is 28.1.